The first-order valence-corrected chi connectivity index (χ1v) is 14.5. The van der Waals surface area contributed by atoms with Gasteiger partial charge in [0.1, 0.15) is 17.5 Å². The van der Waals surface area contributed by atoms with Crippen LogP contribution in [0.5, 0.6) is 5.75 Å². The van der Waals surface area contributed by atoms with Gasteiger partial charge in [-0.15, -0.1) is 0 Å². The molecule has 2 aromatic carbocycles. The van der Waals surface area contributed by atoms with Crippen LogP contribution >= 0.6 is 0 Å². The average molecular weight is 568 g/mol. The normalized spacial score (nSPS) is 17.3. The van der Waals surface area contributed by atoms with Crippen LogP contribution in [0.4, 0.5) is 0 Å². The van der Waals surface area contributed by atoms with E-state index in [2.05, 4.69) is 20.6 Å². The van der Waals surface area contributed by atoms with E-state index < -0.39 is 39.7 Å². The van der Waals surface area contributed by atoms with E-state index in [0.717, 1.165) is 4.31 Å². The molecule has 2 heterocycles. The second-order valence-corrected chi connectivity index (χ2v) is 12.0. The second-order valence-electron chi connectivity index (χ2n) is 10.1. The van der Waals surface area contributed by atoms with Crippen molar-refractivity contribution >= 4 is 38.7 Å². The highest BCUT2D eigenvalue weighted by Gasteiger charge is 2.34. The minimum Gasteiger partial charge on any atom is -0.497 e. The van der Waals surface area contributed by atoms with Crippen molar-refractivity contribution in [3.05, 3.63) is 60.4 Å². The second kappa shape index (κ2) is 12.5. The molecule has 0 bridgehead atoms. The van der Waals surface area contributed by atoms with Gasteiger partial charge in [-0.3, -0.25) is 19.4 Å². The molecular weight excluding hydrogens is 534 g/mol. The summed E-state index contributed by atoms with van der Waals surface area (Å²) >= 11 is 0. The van der Waals surface area contributed by atoms with Gasteiger partial charge in [0.05, 0.1) is 41.8 Å². The molecule has 0 spiro atoms. The number of fused-ring (bicyclic) bond motifs is 1. The van der Waals surface area contributed by atoms with E-state index in [4.69, 9.17) is 4.74 Å². The monoisotopic (exact) mass is 567 g/mol. The van der Waals surface area contributed by atoms with Crippen LogP contribution in [-0.4, -0.2) is 72.6 Å². The molecule has 40 heavy (non-hydrogen) atoms. The van der Waals surface area contributed by atoms with Crippen LogP contribution in [0.3, 0.4) is 0 Å². The molecule has 0 saturated carbocycles. The summed E-state index contributed by atoms with van der Waals surface area (Å²) in [4.78, 5) is 48.0. The Labute approximate surface area is 233 Å². The van der Waals surface area contributed by atoms with Gasteiger partial charge in [-0.05, 0) is 49.4 Å². The van der Waals surface area contributed by atoms with Crippen molar-refractivity contribution in [1.82, 2.24) is 24.9 Å². The fourth-order valence-electron chi connectivity index (χ4n) is 4.54. The number of para-hydroxylation sites is 2. The smallest absolute Gasteiger partial charge is 0.272 e. The van der Waals surface area contributed by atoms with Gasteiger partial charge in [0.25, 0.3) is 5.91 Å². The predicted octanol–water partition coefficient (Wildman–Crippen LogP) is 2.32. The standard InChI is InChI=1S/C28H33N5O6S/c1-18(2)14-24(32-28(36)25-16-29-21-10-4-5-11-22(21)30-25)27(35)31-23-12-7-13-33(17-26(23)34)40(37,38)20-9-6-8-19(15-20)39-3/h4-6,8-11,15-16,18,23-24H,7,12-14,17H2,1-3H3,(H,31,35)(H,32,36)/t23?,24-/m0/s1. The highest BCUT2D eigenvalue weighted by Crippen LogP contribution is 2.23. The van der Waals surface area contributed by atoms with Crippen molar-refractivity contribution in [1.29, 1.82) is 0 Å². The summed E-state index contributed by atoms with van der Waals surface area (Å²) in [6.45, 7) is 3.59. The first kappa shape index (κ1) is 29.1. The van der Waals surface area contributed by atoms with E-state index in [1.807, 2.05) is 19.9 Å². The molecule has 1 aliphatic rings. The lowest BCUT2D eigenvalue weighted by Gasteiger charge is -2.23. The van der Waals surface area contributed by atoms with Crippen molar-refractivity contribution in [2.24, 2.45) is 5.92 Å². The van der Waals surface area contributed by atoms with E-state index in [1.54, 1.807) is 30.3 Å². The van der Waals surface area contributed by atoms with Gasteiger partial charge < -0.3 is 15.4 Å². The summed E-state index contributed by atoms with van der Waals surface area (Å²) in [5, 5.41) is 5.48. The first-order chi connectivity index (χ1) is 19.1. The average Bonchev–Trinajstić information content (AvgIpc) is 3.13. The van der Waals surface area contributed by atoms with E-state index >= 15 is 0 Å². The minimum absolute atomic E-state index is 0.0265. The lowest BCUT2D eigenvalue weighted by molar-refractivity contribution is -0.129. The summed E-state index contributed by atoms with van der Waals surface area (Å²) in [5.41, 5.74) is 1.27. The molecule has 4 rings (SSSR count). The molecule has 212 valence electrons. The Morgan fingerprint density at radius 2 is 1.88 bits per heavy atom. The number of rotatable bonds is 9. The van der Waals surface area contributed by atoms with E-state index in [1.165, 1.54) is 25.4 Å². The lowest BCUT2D eigenvalue weighted by Crippen LogP contribution is -2.52. The number of methoxy groups -OCH3 is 1. The highest BCUT2D eigenvalue weighted by atomic mass is 32.2. The lowest BCUT2D eigenvalue weighted by atomic mass is 10.0. The maximum Gasteiger partial charge on any atom is 0.272 e. The number of sulfonamides is 1. The molecule has 12 heteroatoms. The van der Waals surface area contributed by atoms with Gasteiger partial charge in [0.15, 0.2) is 5.78 Å². The van der Waals surface area contributed by atoms with Crippen molar-refractivity contribution in [2.45, 2.75) is 50.1 Å². The number of ether oxygens (including phenoxy) is 1. The Balaban J connectivity index is 1.45. The number of nitrogens with one attached hydrogen (secondary N) is 2. The van der Waals surface area contributed by atoms with Crippen LogP contribution in [0.1, 0.15) is 43.6 Å². The molecule has 1 saturated heterocycles. The van der Waals surface area contributed by atoms with Crippen molar-refractivity contribution in [3.8, 4) is 5.75 Å². The fourth-order valence-corrected chi connectivity index (χ4v) is 6.02. The van der Waals surface area contributed by atoms with Crippen LogP contribution in [0.2, 0.25) is 0 Å². The van der Waals surface area contributed by atoms with Crippen molar-refractivity contribution in [2.75, 3.05) is 20.2 Å². The van der Waals surface area contributed by atoms with Gasteiger partial charge in [-0.2, -0.15) is 4.31 Å². The van der Waals surface area contributed by atoms with Crippen molar-refractivity contribution in [3.63, 3.8) is 0 Å². The molecule has 0 radical (unpaired) electrons. The van der Waals surface area contributed by atoms with Gasteiger partial charge in [-0.25, -0.2) is 13.4 Å². The van der Waals surface area contributed by atoms with Crippen LogP contribution in [0.25, 0.3) is 11.0 Å². The van der Waals surface area contributed by atoms with Gasteiger partial charge >= 0.3 is 0 Å². The van der Waals surface area contributed by atoms with Gasteiger partial charge in [0, 0.05) is 12.6 Å². The Bertz CT molecular complexity index is 1510. The Morgan fingerprint density at radius 3 is 2.60 bits per heavy atom. The number of amides is 2. The van der Waals surface area contributed by atoms with Gasteiger partial charge in [-0.1, -0.05) is 32.0 Å². The Hall–Kier alpha value is -3.90. The van der Waals surface area contributed by atoms with Crippen LogP contribution in [0.15, 0.2) is 59.6 Å². The Kier molecular flexibility index (Phi) is 9.10. The summed E-state index contributed by atoms with van der Waals surface area (Å²) in [5.74, 6) is -1.04. The van der Waals surface area contributed by atoms with Crippen molar-refractivity contribution < 1.29 is 27.5 Å². The van der Waals surface area contributed by atoms with E-state index in [9.17, 15) is 22.8 Å². The molecule has 1 aliphatic heterocycles. The number of hydrogen-bond donors (Lipinski definition) is 2. The highest BCUT2D eigenvalue weighted by molar-refractivity contribution is 7.89. The first-order valence-electron chi connectivity index (χ1n) is 13.1. The molecular formula is C28H33N5O6S. The fraction of sp³-hybridized carbons (Fsp3) is 0.393. The topological polar surface area (TPSA) is 148 Å². The molecule has 2 N–H and O–H groups in total. The largest absolute Gasteiger partial charge is 0.497 e. The predicted molar refractivity (Wildman–Crippen MR) is 148 cm³/mol. The Morgan fingerprint density at radius 1 is 1.12 bits per heavy atom. The molecule has 2 amide bonds. The number of benzene rings is 2. The van der Waals surface area contributed by atoms with Gasteiger partial charge in [0.2, 0.25) is 15.9 Å². The van der Waals surface area contributed by atoms with E-state index in [0.29, 0.717) is 29.6 Å². The zero-order chi connectivity index (χ0) is 28.9. The number of nitrogens with zero attached hydrogens (tertiary/aromatic N) is 3. The molecule has 11 nitrogen and oxygen atoms in total. The number of hydrogen-bond acceptors (Lipinski definition) is 8. The molecule has 1 unspecified atom stereocenters. The zero-order valence-electron chi connectivity index (χ0n) is 22.7. The molecule has 3 aromatic rings. The van der Waals surface area contributed by atoms with Crippen LogP contribution in [0, 0.1) is 5.92 Å². The maximum absolute atomic E-state index is 13.3. The molecule has 0 aliphatic carbocycles. The zero-order valence-corrected chi connectivity index (χ0v) is 23.5. The number of ketones is 1. The third kappa shape index (κ3) is 6.80. The van der Waals surface area contributed by atoms with Crippen LogP contribution in [-0.2, 0) is 19.6 Å². The number of carbonyl (C=O) groups excluding carboxylic acids is 3. The summed E-state index contributed by atoms with van der Waals surface area (Å²) in [7, 11) is -2.50. The minimum atomic E-state index is -3.95. The SMILES string of the molecule is COc1cccc(S(=O)(=O)N2CCCC(NC(=O)[C@H](CC(C)C)NC(=O)c3cnc4ccccc4n3)C(=O)C2)c1. The third-order valence-corrected chi connectivity index (χ3v) is 8.47. The molecule has 1 aromatic heterocycles. The summed E-state index contributed by atoms with van der Waals surface area (Å²) < 4.78 is 32.7. The maximum atomic E-state index is 13.3. The van der Waals surface area contributed by atoms with E-state index in [-0.39, 0.29) is 36.0 Å². The third-order valence-electron chi connectivity index (χ3n) is 6.63. The molecule has 1 fully saturated rings. The quantitative estimate of drug-likeness (QED) is 0.400. The number of aromatic nitrogens is 2. The summed E-state index contributed by atoms with van der Waals surface area (Å²) in [6.07, 6.45) is 2.32. The van der Waals surface area contributed by atoms with Crippen LogP contribution < -0.4 is 15.4 Å². The number of carbonyl (C=O) groups is 3. The number of Topliss-reactive ketones (excluding diaryl/α,β-unsaturated/α-hetero) is 1. The summed E-state index contributed by atoms with van der Waals surface area (Å²) in [6, 6.07) is 11.4. The molecule has 2 atom stereocenters.